The lowest BCUT2D eigenvalue weighted by Crippen LogP contribution is -2.37. The summed E-state index contributed by atoms with van der Waals surface area (Å²) in [5.41, 5.74) is 2.01. The van der Waals surface area contributed by atoms with Gasteiger partial charge in [0.1, 0.15) is 11.5 Å². The molecule has 2 fully saturated rings. The van der Waals surface area contributed by atoms with Crippen LogP contribution in [0.3, 0.4) is 0 Å². The number of carbonyl (C=O) groups is 2. The second kappa shape index (κ2) is 10.3. The minimum Gasteiger partial charge on any atom is -0.497 e. The third kappa shape index (κ3) is 5.00. The highest BCUT2D eigenvalue weighted by Gasteiger charge is 2.44. The number of ether oxygens (including phenoxy) is 2. The Morgan fingerprint density at radius 1 is 1.00 bits per heavy atom. The summed E-state index contributed by atoms with van der Waals surface area (Å²) < 4.78 is 11.1. The first-order chi connectivity index (χ1) is 16.0. The minimum absolute atomic E-state index is 0.0513. The average molecular weight is 451 g/mol. The maximum absolute atomic E-state index is 13.7. The lowest BCUT2D eigenvalue weighted by Gasteiger charge is -2.25. The van der Waals surface area contributed by atoms with Gasteiger partial charge in [-0.05, 0) is 36.6 Å². The van der Waals surface area contributed by atoms with Crippen molar-refractivity contribution in [2.45, 2.75) is 38.1 Å². The molecule has 0 spiro atoms. The highest BCUT2D eigenvalue weighted by Crippen LogP contribution is 2.41. The molecule has 6 nitrogen and oxygen atoms in total. The summed E-state index contributed by atoms with van der Waals surface area (Å²) in [7, 11) is 5.11. The molecule has 1 saturated heterocycles. The average Bonchev–Trinajstić information content (AvgIpc) is 3.54. The van der Waals surface area contributed by atoms with Crippen LogP contribution in [0.25, 0.3) is 0 Å². The Kier molecular flexibility index (Phi) is 7.21. The van der Waals surface area contributed by atoms with Gasteiger partial charge < -0.3 is 19.3 Å². The summed E-state index contributed by atoms with van der Waals surface area (Å²) >= 11 is 0. The van der Waals surface area contributed by atoms with E-state index in [0.717, 1.165) is 48.3 Å². The lowest BCUT2D eigenvalue weighted by atomic mass is 9.87. The van der Waals surface area contributed by atoms with Crippen molar-refractivity contribution in [1.82, 2.24) is 9.80 Å². The summed E-state index contributed by atoms with van der Waals surface area (Å²) in [4.78, 5) is 30.7. The van der Waals surface area contributed by atoms with Gasteiger partial charge in [-0.25, -0.2) is 0 Å². The number of benzene rings is 2. The zero-order valence-electron chi connectivity index (χ0n) is 19.8. The summed E-state index contributed by atoms with van der Waals surface area (Å²) in [6.07, 6.45) is 4.13. The molecule has 2 amide bonds. The van der Waals surface area contributed by atoms with Gasteiger partial charge in [-0.1, -0.05) is 43.2 Å². The highest BCUT2D eigenvalue weighted by atomic mass is 16.5. The summed E-state index contributed by atoms with van der Waals surface area (Å²) in [5, 5.41) is 0. The minimum atomic E-state index is -0.329. The number of likely N-dealkylation sites (tertiary alicyclic amines) is 1. The number of hydrogen-bond acceptors (Lipinski definition) is 4. The van der Waals surface area contributed by atoms with Crippen LogP contribution >= 0.6 is 0 Å². The number of hydrogen-bond donors (Lipinski definition) is 0. The van der Waals surface area contributed by atoms with Crippen LogP contribution in [0.15, 0.2) is 48.5 Å². The van der Waals surface area contributed by atoms with E-state index < -0.39 is 0 Å². The van der Waals surface area contributed by atoms with Crippen LogP contribution in [0.5, 0.6) is 11.5 Å². The van der Waals surface area contributed by atoms with Gasteiger partial charge in [0, 0.05) is 44.1 Å². The number of nitrogens with zero attached hydrogens (tertiary/aromatic N) is 2. The Labute approximate surface area is 196 Å². The second-order valence-electron chi connectivity index (χ2n) is 9.23. The predicted octanol–water partition coefficient (Wildman–Crippen LogP) is 4.09. The number of amides is 2. The first-order valence-corrected chi connectivity index (χ1v) is 11.8. The smallest absolute Gasteiger partial charge is 0.228 e. The number of carbonyl (C=O) groups excluding carboxylic acids is 2. The molecule has 6 heteroatoms. The molecule has 33 heavy (non-hydrogen) atoms. The van der Waals surface area contributed by atoms with Crippen molar-refractivity contribution in [3.8, 4) is 11.5 Å². The Morgan fingerprint density at radius 3 is 2.39 bits per heavy atom. The molecule has 2 aromatic carbocycles. The third-order valence-electron chi connectivity index (χ3n) is 7.13. The molecule has 0 bridgehead atoms. The van der Waals surface area contributed by atoms with Crippen LogP contribution < -0.4 is 9.47 Å². The van der Waals surface area contributed by atoms with E-state index in [2.05, 4.69) is 0 Å². The zero-order chi connectivity index (χ0) is 23.4. The molecule has 2 aliphatic rings. The van der Waals surface area contributed by atoms with Crippen molar-refractivity contribution in [2.24, 2.45) is 11.8 Å². The predicted molar refractivity (Wildman–Crippen MR) is 127 cm³/mol. The van der Waals surface area contributed by atoms with E-state index in [-0.39, 0.29) is 29.6 Å². The van der Waals surface area contributed by atoms with E-state index in [9.17, 15) is 9.59 Å². The first-order valence-electron chi connectivity index (χ1n) is 11.8. The van der Waals surface area contributed by atoms with Gasteiger partial charge in [-0.2, -0.15) is 0 Å². The fraction of sp³-hybridized carbons (Fsp3) is 0.481. The summed E-state index contributed by atoms with van der Waals surface area (Å²) in [6.45, 7) is 1.50. The van der Waals surface area contributed by atoms with Crippen LogP contribution in [-0.2, 0) is 16.1 Å². The van der Waals surface area contributed by atoms with E-state index in [1.807, 2.05) is 60.5 Å². The standard InChI is InChI=1S/C27H34N2O4/c1-28(16-19-9-5-4-6-10-19)27(31)24-18-29(26(30)20-11-7-8-12-20)17-23(24)22-15-21(32-2)13-14-25(22)33-3/h4-6,9-10,13-15,20,23-24H,7-8,11-12,16-18H2,1-3H3. The van der Waals surface area contributed by atoms with E-state index in [1.165, 1.54) is 0 Å². The van der Waals surface area contributed by atoms with Crippen LogP contribution in [0.4, 0.5) is 0 Å². The molecule has 0 radical (unpaired) electrons. The number of methoxy groups -OCH3 is 2. The SMILES string of the molecule is COc1ccc(OC)c(C2CN(C(=O)C3CCCC3)CC2C(=O)N(C)Cc2ccccc2)c1. The van der Waals surface area contributed by atoms with Gasteiger partial charge in [0.05, 0.1) is 20.1 Å². The molecule has 176 valence electrons. The van der Waals surface area contributed by atoms with E-state index in [0.29, 0.717) is 19.6 Å². The van der Waals surface area contributed by atoms with Gasteiger partial charge in [0.2, 0.25) is 11.8 Å². The van der Waals surface area contributed by atoms with Crippen molar-refractivity contribution in [1.29, 1.82) is 0 Å². The highest BCUT2D eigenvalue weighted by molar-refractivity contribution is 5.84. The fourth-order valence-electron chi connectivity index (χ4n) is 5.33. The molecule has 1 heterocycles. The molecule has 4 rings (SSSR count). The van der Waals surface area contributed by atoms with Gasteiger partial charge in [0.15, 0.2) is 0 Å². The van der Waals surface area contributed by atoms with Crippen molar-refractivity contribution >= 4 is 11.8 Å². The van der Waals surface area contributed by atoms with Gasteiger partial charge in [-0.15, -0.1) is 0 Å². The summed E-state index contributed by atoms with van der Waals surface area (Å²) in [6, 6.07) is 15.7. The molecule has 1 aliphatic heterocycles. The number of rotatable bonds is 7. The molecular weight excluding hydrogens is 416 g/mol. The van der Waals surface area contributed by atoms with Gasteiger partial charge >= 0.3 is 0 Å². The quantitative estimate of drug-likeness (QED) is 0.637. The largest absolute Gasteiger partial charge is 0.497 e. The Morgan fingerprint density at radius 2 is 1.73 bits per heavy atom. The van der Waals surface area contributed by atoms with Crippen molar-refractivity contribution in [3.63, 3.8) is 0 Å². The van der Waals surface area contributed by atoms with E-state index in [4.69, 9.17) is 9.47 Å². The van der Waals surface area contributed by atoms with E-state index in [1.54, 1.807) is 19.1 Å². The maximum Gasteiger partial charge on any atom is 0.228 e. The first kappa shape index (κ1) is 23.1. The normalized spacial score (nSPS) is 20.6. The second-order valence-corrected chi connectivity index (χ2v) is 9.23. The molecule has 2 unspecified atom stereocenters. The topological polar surface area (TPSA) is 59.1 Å². The van der Waals surface area contributed by atoms with Crippen LogP contribution in [-0.4, -0.2) is 56.0 Å². The van der Waals surface area contributed by atoms with Crippen LogP contribution in [0, 0.1) is 11.8 Å². The molecule has 1 aliphatic carbocycles. The van der Waals surface area contributed by atoms with Gasteiger partial charge in [0.25, 0.3) is 0 Å². The van der Waals surface area contributed by atoms with Crippen LogP contribution in [0.1, 0.15) is 42.7 Å². The van der Waals surface area contributed by atoms with Crippen molar-refractivity contribution in [2.75, 3.05) is 34.4 Å². The third-order valence-corrected chi connectivity index (χ3v) is 7.13. The van der Waals surface area contributed by atoms with Crippen LogP contribution in [0.2, 0.25) is 0 Å². The Bertz CT molecular complexity index is 971. The molecule has 2 aromatic rings. The molecule has 1 saturated carbocycles. The molecular formula is C27H34N2O4. The van der Waals surface area contributed by atoms with Crippen molar-refractivity contribution < 1.29 is 19.1 Å². The lowest BCUT2D eigenvalue weighted by molar-refractivity contribution is -0.136. The molecule has 0 aromatic heterocycles. The fourth-order valence-corrected chi connectivity index (χ4v) is 5.33. The van der Waals surface area contributed by atoms with E-state index >= 15 is 0 Å². The Hall–Kier alpha value is -3.02. The maximum atomic E-state index is 13.7. The summed E-state index contributed by atoms with van der Waals surface area (Å²) in [5.74, 6) is 1.30. The monoisotopic (exact) mass is 450 g/mol. The molecule has 0 N–H and O–H groups in total. The van der Waals surface area contributed by atoms with Gasteiger partial charge in [-0.3, -0.25) is 9.59 Å². The Balaban J connectivity index is 1.62. The van der Waals surface area contributed by atoms with Crippen molar-refractivity contribution in [3.05, 3.63) is 59.7 Å². The molecule has 2 atom stereocenters. The zero-order valence-corrected chi connectivity index (χ0v) is 19.8.